The van der Waals surface area contributed by atoms with Gasteiger partial charge < -0.3 is 10.5 Å². The van der Waals surface area contributed by atoms with E-state index in [1.807, 2.05) is 0 Å². The van der Waals surface area contributed by atoms with Crippen LogP contribution < -0.4 is 5.73 Å². The maximum Gasteiger partial charge on any atom is 0.0867 e. The Morgan fingerprint density at radius 1 is 1.48 bits per heavy atom. The number of hydrogen-bond donors (Lipinski definition) is 1. The summed E-state index contributed by atoms with van der Waals surface area (Å²) in [5.41, 5.74) is 7.97. The van der Waals surface area contributed by atoms with E-state index in [0.29, 0.717) is 18.2 Å². The molecule has 2 aromatic heterocycles. The Morgan fingerprint density at radius 2 is 2.19 bits per heavy atom. The Hall–Kier alpha value is -1.02. The number of nitrogens with zero attached hydrogens (tertiary/aromatic N) is 4. The smallest absolute Gasteiger partial charge is 0.0867 e. The van der Waals surface area contributed by atoms with Crippen LogP contribution in [0, 0.1) is 0 Å². The van der Waals surface area contributed by atoms with Crippen molar-refractivity contribution in [2.75, 3.05) is 13.7 Å². The molecule has 0 aliphatic heterocycles. The fraction of sp³-hybridized carbons (Fsp3) is 0.615. The molecule has 2 aromatic rings. The van der Waals surface area contributed by atoms with E-state index in [9.17, 15) is 0 Å². The van der Waals surface area contributed by atoms with Crippen molar-refractivity contribution in [3.05, 3.63) is 27.5 Å². The highest BCUT2D eigenvalue weighted by Gasteiger charge is 2.29. The number of methoxy groups -OCH3 is 1. The van der Waals surface area contributed by atoms with Crippen molar-refractivity contribution < 1.29 is 4.74 Å². The predicted octanol–water partition coefficient (Wildman–Crippen LogP) is 2.38. The first-order chi connectivity index (χ1) is 9.86. The molecule has 1 unspecified atom stereocenters. The first-order valence-corrected chi connectivity index (χ1v) is 7.79. The number of aromatic nitrogens is 4. The van der Waals surface area contributed by atoms with Crippen LogP contribution in [-0.4, -0.2) is 33.1 Å². The van der Waals surface area contributed by atoms with Crippen molar-refractivity contribution in [2.45, 2.75) is 38.8 Å². The molecule has 0 aliphatic carbocycles. The van der Waals surface area contributed by atoms with Gasteiger partial charge in [-0.2, -0.15) is 5.10 Å². The lowest BCUT2D eigenvalue weighted by molar-refractivity contribution is 0.182. The summed E-state index contributed by atoms with van der Waals surface area (Å²) in [4.78, 5) is 0.920. The van der Waals surface area contributed by atoms with E-state index in [0.717, 1.165) is 16.3 Å². The zero-order valence-electron chi connectivity index (χ0n) is 12.6. The van der Waals surface area contributed by atoms with Crippen LogP contribution in [0.15, 0.2) is 6.20 Å². The number of rotatable bonds is 5. The van der Waals surface area contributed by atoms with Gasteiger partial charge in [0.15, 0.2) is 0 Å². The molecule has 2 N–H and O–H groups in total. The summed E-state index contributed by atoms with van der Waals surface area (Å²) in [6, 6.07) is -0.397. The summed E-state index contributed by atoms with van der Waals surface area (Å²) in [7, 11) is 1.65. The molecule has 0 saturated carbocycles. The Kier molecular flexibility index (Phi) is 4.98. The summed E-state index contributed by atoms with van der Waals surface area (Å²) >= 11 is 7.57. The third-order valence-electron chi connectivity index (χ3n) is 3.14. The average molecular weight is 330 g/mol. The third-order valence-corrected chi connectivity index (χ3v) is 4.24. The quantitative estimate of drug-likeness (QED) is 0.911. The fourth-order valence-corrected chi connectivity index (χ4v) is 3.21. The topological polar surface area (TPSA) is 78.9 Å². The van der Waals surface area contributed by atoms with Gasteiger partial charge in [-0.1, -0.05) is 36.9 Å². The van der Waals surface area contributed by atoms with E-state index < -0.39 is 6.04 Å². The van der Waals surface area contributed by atoms with Crippen molar-refractivity contribution in [3.8, 4) is 0 Å². The molecule has 1 atom stereocenters. The number of ether oxygens (including phenoxy) is 1. The second kappa shape index (κ2) is 6.39. The van der Waals surface area contributed by atoms with E-state index >= 15 is 0 Å². The molecule has 0 spiro atoms. The summed E-state index contributed by atoms with van der Waals surface area (Å²) in [6.07, 6.45) is 1.61. The minimum Gasteiger partial charge on any atom is -0.383 e. The van der Waals surface area contributed by atoms with Crippen LogP contribution >= 0.6 is 23.1 Å². The second-order valence-corrected chi connectivity index (χ2v) is 7.00. The van der Waals surface area contributed by atoms with Gasteiger partial charge in [0.25, 0.3) is 0 Å². The maximum atomic E-state index is 6.42. The third kappa shape index (κ3) is 3.42. The monoisotopic (exact) mass is 329 g/mol. The van der Waals surface area contributed by atoms with Crippen molar-refractivity contribution >= 4 is 23.1 Å². The van der Waals surface area contributed by atoms with Crippen LogP contribution in [0.3, 0.4) is 0 Å². The van der Waals surface area contributed by atoms with E-state index in [1.165, 1.54) is 11.5 Å². The molecule has 0 radical (unpaired) electrons. The van der Waals surface area contributed by atoms with Crippen LogP contribution in [0.5, 0.6) is 0 Å². The highest BCUT2D eigenvalue weighted by molar-refractivity contribution is 7.05. The van der Waals surface area contributed by atoms with E-state index in [4.69, 9.17) is 22.1 Å². The first-order valence-electron chi connectivity index (χ1n) is 6.64. The molecule has 0 bridgehead atoms. The molecule has 0 amide bonds. The summed E-state index contributed by atoms with van der Waals surface area (Å²) in [5, 5.41) is 9.04. The van der Waals surface area contributed by atoms with Gasteiger partial charge in [0.2, 0.25) is 0 Å². The van der Waals surface area contributed by atoms with Crippen LogP contribution in [0.25, 0.3) is 0 Å². The Bertz CT molecular complexity index is 604. The first kappa shape index (κ1) is 16.4. The van der Waals surface area contributed by atoms with Gasteiger partial charge in [-0.25, -0.2) is 0 Å². The molecule has 2 heterocycles. The van der Waals surface area contributed by atoms with Crippen LogP contribution in [0.2, 0.25) is 5.02 Å². The molecular weight excluding hydrogens is 310 g/mol. The Balaban J connectivity index is 2.39. The zero-order valence-corrected chi connectivity index (χ0v) is 14.2. The van der Waals surface area contributed by atoms with Crippen molar-refractivity contribution in [3.63, 3.8) is 0 Å². The summed E-state index contributed by atoms with van der Waals surface area (Å²) in [5.74, 6) is 0. The molecule has 0 aliphatic rings. The number of halogens is 1. The molecule has 116 valence electrons. The van der Waals surface area contributed by atoms with Gasteiger partial charge >= 0.3 is 0 Å². The van der Waals surface area contributed by atoms with Gasteiger partial charge in [0.1, 0.15) is 0 Å². The number of nitrogens with two attached hydrogens (primary N) is 1. The maximum absolute atomic E-state index is 6.42. The van der Waals surface area contributed by atoms with Gasteiger partial charge in [-0.15, -0.1) is 5.10 Å². The van der Waals surface area contributed by atoms with Crippen molar-refractivity contribution in [2.24, 2.45) is 5.73 Å². The SMILES string of the molecule is COCCn1ncc(Cl)c1C(N)c1snnc1C(C)(C)C. The van der Waals surface area contributed by atoms with Crippen molar-refractivity contribution in [1.29, 1.82) is 0 Å². The minimum absolute atomic E-state index is 0.121. The van der Waals surface area contributed by atoms with Gasteiger partial charge in [-0.05, 0) is 11.5 Å². The number of hydrogen-bond acceptors (Lipinski definition) is 6. The van der Waals surface area contributed by atoms with Crippen molar-refractivity contribution in [1.82, 2.24) is 19.4 Å². The largest absolute Gasteiger partial charge is 0.383 e. The molecule has 0 aromatic carbocycles. The fourth-order valence-electron chi connectivity index (χ4n) is 2.08. The summed E-state index contributed by atoms with van der Waals surface area (Å²) < 4.78 is 10.9. The highest BCUT2D eigenvalue weighted by atomic mass is 35.5. The summed E-state index contributed by atoms with van der Waals surface area (Å²) in [6.45, 7) is 7.41. The Morgan fingerprint density at radius 3 is 2.81 bits per heavy atom. The van der Waals surface area contributed by atoms with E-state index in [-0.39, 0.29) is 5.41 Å². The zero-order chi connectivity index (χ0) is 15.6. The van der Waals surface area contributed by atoms with Gasteiger partial charge in [-0.3, -0.25) is 4.68 Å². The molecule has 8 heteroatoms. The lowest BCUT2D eigenvalue weighted by Gasteiger charge is -2.20. The lowest BCUT2D eigenvalue weighted by Crippen LogP contribution is -2.23. The lowest BCUT2D eigenvalue weighted by atomic mass is 9.89. The predicted molar refractivity (Wildman–Crippen MR) is 83.8 cm³/mol. The minimum atomic E-state index is -0.397. The van der Waals surface area contributed by atoms with Gasteiger partial charge in [0.05, 0.1) is 46.7 Å². The average Bonchev–Trinajstić information content (AvgIpc) is 3.01. The second-order valence-electron chi connectivity index (χ2n) is 5.81. The molecule has 6 nitrogen and oxygen atoms in total. The highest BCUT2D eigenvalue weighted by Crippen LogP contribution is 2.34. The molecule has 21 heavy (non-hydrogen) atoms. The molecule has 2 rings (SSSR count). The van der Waals surface area contributed by atoms with Gasteiger partial charge in [0, 0.05) is 12.5 Å². The standard InChI is InChI=1S/C13H20ClN5OS/c1-13(2,3)12-11(21-18-17-12)9(15)10-8(14)7-16-19(10)5-6-20-4/h7,9H,5-6,15H2,1-4H3. The van der Waals surface area contributed by atoms with Crippen LogP contribution in [0.4, 0.5) is 0 Å². The van der Waals surface area contributed by atoms with Crippen LogP contribution in [-0.2, 0) is 16.7 Å². The Labute approximate surface area is 133 Å². The van der Waals surface area contributed by atoms with E-state index in [2.05, 4.69) is 35.5 Å². The van der Waals surface area contributed by atoms with Crippen LogP contribution in [0.1, 0.15) is 43.1 Å². The van der Waals surface area contributed by atoms with E-state index in [1.54, 1.807) is 18.0 Å². The molecule has 0 fully saturated rings. The normalized spacial score (nSPS) is 13.6. The molecule has 0 saturated heterocycles. The molecular formula is C13H20ClN5OS.